The van der Waals surface area contributed by atoms with Crippen molar-refractivity contribution in [2.24, 2.45) is 0 Å². The number of hydrazine groups is 1. The van der Waals surface area contributed by atoms with Crippen molar-refractivity contribution in [3.8, 4) is 16.9 Å². The predicted molar refractivity (Wildman–Crippen MR) is 121 cm³/mol. The number of imidazole rings is 1. The number of para-hydroxylation sites is 1. The van der Waals surface area contributed by atoms with Gasteiger partial charge >= 0.3 is 0 Å². The van der Waals surface area contributed by atoms with Crippen molar-refractivity contribution in [3.05, 3.63) is 77.1 Å². The molecule has 3 heterocycles. The Hall–Kier alpha value is -3.69. The second-order valence-corrected chi connectivity index (χ2v) is 8.53. The number of hydrogen-bond donors (Lipinski definition) is 2. The van der Waals surface area contributed by atoms with E-state index in [1.165, 1.54) is 22.7 Å². The first-order chi connectivity index (χ1) is 15.2. The minimum absolute atomic E-state index is 0.228. The van der Waals surface area contributed by atoms with Gasteiger partial charge in [0.1, 0.15) is 10.6 Å². The Morgan fingerprint density at radius 3 is 2.71 bits per heavy atom. The maximum atomic E-state index is 12.4. The highest BCUT2D eigenvalue weighted by atomic mass is 32.1. The predicted octanol–water partition coefficient (Wildman–Crippen LogP) is 4.12. The fraction of sp³-hybridized carbons (Fsp3) is 0.0455. The number of aromatic nitrogens is 2. The van der Waals surface area contributed by atoms with Crippen molar-refractivity contribution in [1.29, 1.82) is 0 Å². The molecular formula is C22H16N4O3S2. The highest BCUT2D eigenvalue weighted by Gasteiger charge is 2.16. The molecule has 0 saturated heterocycles. The fourth-order valence-corrected chi connectivity index (χ4v) is 4.87. The number of ether oxygens (including phenoxy) is 1. The third kappa shape index (κ3) is 3.88. The van der Waals surface area contributed by atoms with Gasteiger partial charge in [-0.05, 0) is 17.7 Å². The van der Waals surface area contributed by atoms with Crippen molar-refractivity contribution < 1.29 is 14.3 Å². The lowest BCUT2D eigenvalue weighted by Crippen LogP contribution is -2.43. The van der Waals surface area contributed by atoms with E-state index in [0.717, 1.165) is 26.4 Å². The molecule has 5 aromatic rings. The van der Waals surface area contributed by atoms with Crippen LogP contribution >= 0.6 is 22.7 Å². The Labute approximate surface area is 184 Å². The number of carbonyl (C=O) groups is 2. The van der Waals surface area contributed by atoms with Crippen molar-refractivity contribution >= 4 is 49.8 Å². The quantitative estimate of drug-likeness (QED) is 0.396. The lowest BCUT2D eigenvalue weighted by molar-refractivity contribution is -0.123. The molecule has 0 fully saturated rings. The van der Waals surface area contributed by atoms with Gasteiger partial charge in [-0.15, -0.1) is 22.7 Å². The second kappa shape index (κ2) is 8.21. The molecule has 5 rings (SSSR count). The molecule has 154 valence electrons. The molecule has 0 spiro atoms. The fourth-order valence-electron chi connectivity index (χ4n) is 3.18. The summed E-state index contributed by atoms with van der Waals surface area (Å²) in [6.07, 6.45) is 1.91. The molecule has 31 heavy (non-hydrogen) atoms. The van der Waals surface area contributed by atoms with Crippen LogP contribution in [-0.2, 0) is 4.79 Å². The Balaban J connectivity index is 1.20. The molecule has 2 N–H and O–H groups in total. The van der Waals surface area contributed by atoms with Crippen molar-refractivity contribution in [1.82, 2.24) is 20.2 Å². The Bertz CT molecular complexity index is 1390. The molecule has 0 unspecified atom stereocenters. The average molecular weight is 449 g/mol. The van der Waals surface area contributed by atoms with Crippen LogP contribution in [0.2, 0.25) is 0 Å². The summed E-state index contributed by atoms with van der Waals surface area (Å²) in [6, 6.07) is 19.0. The first kappa shape index (κ1) is 19.3. The molecule has 7 nitrogen and oxygen atoms in total. The molecule has 0 aliphatic carbocycles. The van der Waals surface area contributed by atoms with Crippen LogP contribution in [0.15, 0.2) is 72.2 Å². The summed E-state index contributed by atoms with van der Waals surface area (Å²) in [5.74, 6) is -0.264. The van der Waals surface area contributed by atoms with Gasteiger partial charge in [0.15, 0.2) is 11.6 Å². The first-order valence-electron chi connectivity index (χ1n) is 9.40. The van der Waals surface area contributed by atoms with Crippen LogP contribution in [0, 0.1) is 0 Å². The molecule has 0 atom stereocenters. The van der Waals surface area contributed by atoms with E-state index in [9.17, 15) is 9.59 Å². The molecule has 0 bridgehead atoms. The van der Waals surface area contributed by atoms with Crippen LogP contribution in [0.1, 0.15) is 9.67 Å². The Kier molecular flexibility index (Phi) is 5.11. The molecule has 0 aliphatic heterocycles. The maximum absolute atomic E-state index is 12.4. The highest BCUT2D eigenvalue weighted by molar-refractivity contribution is 7.21. The van der Waals surface area contributed by atoms with E-state index in [4.69, 9.17) is 4.74 Å². The van der Waals surface area contributed by atoms with Crippen LogP contribution in [0.4, 0.5) is 0 Å². The SMILES string of the molecule is O=C(COc1ccccc1-c1ccccc1)NNC(=O)c1cc2c(nc3sccn32)s1. The van der Waals surface area contributed by atoms with Gasteiger partial charge in [-0.1, -0.05) is 48.5 Å². The molecular weight excluding hydrogens is 432 g/mol. The summed E-state index contributed by atoms with van der Waals surface area (Å²) < 4.78 is 7.63. The lowest BCUT2D eigenvalue weighted by atomic mass is 10.1. The zero-order chi connectivity index (χ0) is 21.2. The number of benzene rings is 2. The topological polar surface area (TPSA) is 84.7 Å². The third-order valence-corrected chi connectivity index (χ3v) is 6.38. The van der Waals surface area contributed by atoms with E-state index in [-0.39, 0.29) is 6.61 Å². The number of carbonyl (C=O) groups excluding carboxylic acids is 2. The van der Waals surface area contributed by atoms with E-state index in [1.807, 2.05) is 64.5 Å². The van der Waals surface area contributed by atoms with E-state index in [1.54, 1.807) is 12.1 Å². The zero-order valence-corrected chi connectivity index (χ0v) is 17.7. The highest BCUT2D eigenvalue weighted by Crippen LogP contribution is 2.30. The summed E-state index contributed by atoms with van der Waals surface area (Å²) in [6.45, 7) is -0.228. The number of nitrogens with zero attached hydrogens (tertiary/aromatic N) is 2. The smallest absolute Gasteiger partial charge is 0.279 e. The van der Waals surface area contributed by atoms with E-state index in [2.05, 4.69) is 15.8 Å². The average Bonchev–Trinajstić information content (AvgIpc) is 3.49. The number of hydrogen-bond acceptors (Lipinski definition) is 6. The van der Waals surface area contributed by atoms with Crippen molar-refractivity contribution in [3.63, 3.8) is 0 Å². The van der Waals surface area contributed by atoms with Crippen LogP contribution in [0.25, 0.3) is 26.4 Å². The molecule has 2 aromatic carbocycles. The van der Waals surface area contributed by atoms with Gasteiger partial charge in [0.25, 0.3) is 11.8 Å². The third-order valence-electron chi connectivity index (χ3n) is 4.61. The van der Waals surface area contributed by atoms with Crippen molar-refractivity contribution in [2.45, 2.75) is 0 Å². The lowest BCUT2D eigenvalue weighted by Gasteiger charge is -2.12. The van der Waals surface area contributed by atoms with Crippen LogP contribution < -0.4 is 15.6 Å². The number of thiazole rings is 1. The van der Waals surface area contributed by atoms with Gasteiger partial charge in [0, 0.05) is 17.1 Å². The second-order valence-electron chi connectivity index (χ2n) is 6.62. The van der Waals surface area contributed by atoms with Crippen molar-refractivity contribution in [2.75, 3.05) is 6.61 Å². The summed E-state index contributed by atoms with van der Waals surface area (Å²) in [7, 11) is 0. The van der Waals surface area contributed by atoms with Gasteiger partial charge in [-0.25, -0.2) is 4.98 Å². The van der Waals surface area contributed by atoms with Gasteiger partial charge in [0.2, 0.25) is 0 Å². The summed E-state index contributed by atoms with van der Waals surface area (Å²) in [5, 5.41) is 1.94. The number of nitrogens with one attached hydrogen (secondary N) is 2. The van der Waals surface area contributed by atoms with E-state index >= 15 is 0 Å². The van der Waals surface area contributed by atoms with Gasteiger partial charge in [0.05, 0.1) is 10.4 Å². The zero-order valence-electron chi connectivity index (χ0n) is 16.1. The monoisotopic (exact) mass is 448 g/mol. The van der Waals surface area contributed by atoms with Gasteiger partial charge in [-0.2, -0.15) is 0 Å². The van der Waals surface area contributed by atoms with E-state index < -0.39 is 11.8 Å². The minimum Gasteiger partial charge on any atom is -0.483 e. The number of thiophene rings is 1. The Morgan fingerprint density at radius 1 is 1.03 bits per heavy atom. The minimum atomic E-state index is -0.459. The molecule has 0 aliphatic rings. The van der Waals surface area contributed by atoms with E-state index in [0.29, 0.717) is 10.6 Å². The number of rotatable bonds is 5. The molecule has 2 amide bonds. The largest absolute Gasteiger partial charge is 0.483 e. The molecule has 9 heteroatoms. The van der Waals surface area contributed by atoms with Gasteiger partial charge < -0.3 is 4.74 Å². The normalized spacial score (nSPS) is 11.0. The van der Waals surface area contributed by atoms with Crippen LogP contribution in [0.3, 0.4) is 0 Å². The molecule has 0 radical (unpaired) electrons. The molecule has 0 saturated carbocycles. The summed E-state index contributed by atoms with van der Waals surface area (Å²) >= 11 is 2.81. The first-order valence-corrected chi connectivity index (χ1v) is 11.1. The maximum Gasteiger partial charge on any atom is 0.279 e. The number of fused-ring (bicyclic) bond motifs is 3. The Morgan fingerprint density at radius 2 is 1.84 bits per heavy atom. The van der Waals surface area contributed by atoms with Crippen LogP contribution in [-0.4, -0.2) is 27.8 Å². The summed E-state index contributed by atoms with van der Waals surface area (Å²) in [4.78, 5) is 31.2. The standard InChI is InChI=1S/C22H16N4O3S2/c27-19(13-29-17-9-5-4-8-15(17)14-6-2-1-3-7-14)24-25-20(28)18-12-16-21(31-18)23-22-26(16)10-11-30-22/h1-12H,13H2,(H,24,27)(H,25,28). The van der Waals surface area contributed by atoms with Crippen LogP contribution in [0.5, 0.6) is 5.75 Å². The summed E-state index contributed by atoms with van der Waals surface area (Å²) in [5.41, 5.74) is 7.59. The molecule has 3 aromatic heterocycles. The number of amides is 2. The van der Waals surface area contributed by atoms with Gasteiger partial charge in [-0.3, -0.25) is 24.8 Å².